The van der Waals surface area contributed by atoms with Gasteiger partial charge in [0.1, 0.15) is 5.69 Å². The maximum atomic E-state index is 12.1. The van der Waals surface area contributed by atoms with Crippen LogP contribution < -0.4 is 11.1 Å². The molecule has 10 nitrogen and oxygen atoms in total. The maximum Gasteiger partial charge on any atom is 0.344 e. The van der Waals surface area contributed by atoms with Gasteiger partial charge < -0.3 is 21.0 Å². The summed E-state index contributed by atoms with van der Waals surface area (Å²) in [7, 11) is 0. The average molecular weight is 467 g/mol. The van der Waals surface area contributed by atoms with Gasteiger partial charge >= 0.3 is 5.97 Å². The highest BCUT2D eigenvalue weighted by atomic mass is 32.2. The third-order valence-corrected chi connectivity index (χ3v) is 6.04. The SMILES string of the molecule is CCCCSc1nnc(-c2ccc(NC(=O)CCC(C)N)cc2N=NOCC(=O)O)s1. The first-order chi connectivity index (χ1) is 14.9. The fourth-order valence-corrected chi connectivity index (χ4v) is 4.33. The van der Waals surface area contributed by atoms with Gasteiger partial charge in [-0.1, -0.05) is 36.4 Å². The molecule has 0 bridgehead atoms. The van der Waals surface area contributed by atoms with Crippen molar-refractivity contribution in [3.05, 3.63) is 18.2 Å². The Morgan fingerprint density at radius 2 is 2.19 bits per heavy atom. The van der Waals surface area contributed by atoms with Crippen LogP contribution in [0, 0.1) is 0 Å². The summed E-state index contributed by atoms with van der Waals surface area (Å²) in [6, 6.07) is 5.05. The molecule has 12 heteroatoms. The highest BCUT2D eigenvalue weighted by Crippen LogP contribution is 2.37. The lowest BCUT2D eigenvalue weighted by Gasteiger charge is -2.09. The number of carboxylic acids is 1. The Bertz CT molecular complexity index is 903. The minimum atomic E-state index is -1.16. The summed E-state index contributed by atoms with van der Waals surface area (Å²) in [6.45, 7) is 3.37. The van der Waals surface area contributed by atoms with E-state index in [1.807, 2.05) is 6.92 Å². The number of carboxylic acid groups (broad SMARTS) is 1. The molecule has 0 saturated heterocycles. The van der Waals surface area contributed by atoms with Crippen LogP contribution in [0.5, 0.6) is 0 Å². The Hall–Kier alpha value is -2.57. The third kappa shape index (κ3) is 8.99. The van der Waals surface area contributed by atoms with Gasteiger partial charge in [0.2, 0.25) is 12.5 Å². The number of aromatic nitrogens is 2. The van der Waals surface area contributed by atoms with Crippen molar-refractivity contribution in [2.45, 2.75) is 49.9 Å². The number of rotatable bonds is 13. The predicted octanol–water partition coefficient (Wildman–Crippen LogP) is 4.26. The van der Waals surface area contributed by atoms with Gasteiger partial charge in [-0.15, -0.1) is 15.3 Å². The summed E-state index contributed by atoms with van der Waals surface area (Å²) in [4.78, 5) is 27.4. The molecule has 1 heterocycles. The Kier molecular flexibility index (Phi) is 10.3. The highest BCUT2D eigenvalue weighted by Gasteiger charge is 2.14. The van der Waals surface area contributed by atoms with Crippen LogP contribution in [0.25, 0.3) is 10.6 Å². The standard InChI is InChI=1S/C19H26N6O4S2/c1-3-4-9-30-19-24-23-18(31-19)14-7-6-13(21-16(26)8-5-12(2)20)10-15(14)22-25-29-11-17(27)28/h6-7,10,12H,3-5,8-9,11,20H2,1-2H3,(H,21,26)(H,27,28). The summed E-state index contributed by atoms with van der Waals surface area (Å²) < 4.78 is 0.849. The normalized spacial score (nSPS) is 12.1. The molecule has 2 rings (SSSR count). The number of aliphatic carboxylic acids is 1. The van der Waals surface area contributed by atoms with Crippen LogP contribution in [0.2, 0.25) is 0 Å². The molecule has 0 saturated carbocycles. The first-order valence-electron chi connectivity index (χ1n) is 9.80. The zero-order chi connectivity index (χ0) is 22.6. The second kappa shape index (κ2) is 13.0. The van der Waals surface area contributed by atoms with Crippen molar-refractivity contribution >= 4 is 46.3 Å². The van der Waals surface area contributed by atoms with E-state index in [0.29, 0.717) is 34.8 Å². The number of nitrogens with one attached hydrogen (secondary N) is 1. The molecule has 1 atom stereocenters. The van der Waals surface area contributed by atoms with E-state index in [2.05, 4.69) is 37.7 Å². The number of thioether (sulfide) groups is 1. The molecule has 0 aliphatic rings. The second-order valence-electron chi connectivity index (χ2n) is 6.72. The Morgan fingerprint density at radius 1 is 1.39 bits per heavy atom. The quantitative estimate of drug-likeness (QED) is 0.171. The lowest BCUT2D eigenvalue weighted by molar-refractivity contribution is -0.142. The molecule has 168 valence electrons. The van der Waals surface area contributed by atoms with Crippen molar-refractivity contribution in [1.29, 1.82) is 0 Å². The smallest absolute Gasteiger partial charge is 0.344 e. The molecule has 2 aromatic rings. The van der Waals surface area contributed by atoms with Crippen molar-refractivity contribution in [2.24, 2.45) is 16.1 Å². The molecule has 0 aliphatic carbocycles. The van der Waals surface area contributed by atoms with E-state index in [1.165, 1.54) is 11.3 Å². The Morgan fingerprint density at radius 3 is 2.90 bits per heavy atom. The molecule has 31 heavy (non-hydrogen) atoms. The summed E-state index contributed by atoms with van der Waals surface area (Å²) in [5.74, 6) is -0.361. The summed E-state index contributed by atoms with van der Waals surface area (Å²) in [5, 5.41) is 28.0. The van der Waals surface area contributed by atoms with E-state index in [-0.39, 0.29) is 11.9 Å². The first-order valence-corrected chi connectivity index (χ1v) is 11.6. The second-order valence-corrected chi connectivity index (χ2v) is 9.04. The molecule has 1 aromatic heterocycles. The van der Waals surface area contributed by atoms with Crippen molar-refractivity contribution in [2.75, 3.05) is 17.7 Å². The number of amides is 1. The van der Waals surface area contributed by atoms with Crippen LogP contribution in [0.4, 0.5) is 11.4 Å². The molecule has 1 amide bonds. The first kappa shape index (κ1) is 24.7. The van der Waals surface area contributed by atoms with Gasteiger partial charge in [0.15, 0.2) is 9.35 Å². The summed E-state index contributed by atoms with van der Waals surface area (Å²) in [6.07, 6.45) is 3.07. The molecule has 4 N–H and O–H groups in total. The predicted molar refractivity (Wildman–Crippen MR) is 121 cm³/mol. The van der Waals surface area contributed by atoms with Crippen molar-refractivity contribution in [3.8, 4) is 10.6 Å². The van der Waals surface area contributed by atoms with Crippen molar-refractivity contribution in [1.82, 2.24) is 10.2 Å². The molecule has 1 aromatic carbocycles. The molecular weight excluding hydrogens is 440 g/mol. The number of carbonyl (C=O) groups excluding carboxylic acids is 1. The number of carbonyl (C=O) groups is 2. The largest absolute Gasteiger partial charge is 0.479 e. The van der Waals surface area contributed by atoms with Gasteiger partial charge in [0, 0.05) is 34.7 Å². The lowest BCUT2D eigenvalue weighted by atomic mass is 10.1. The van der Waals surface area contributed by atoms with E-state index in [1.54, 1.807) is 30.0 Å². The average Bonchev–Trinajstić information content (AvgIpc) is 3.18. The number of unbranched alkanes of at least 4 members (excludes halogenated alkanes) is 1. The molecule has 1 unspecified atom stereocenters. The monoisotopic (exact) mass is 466 g/mol. The summed E-state index contributed by atoms with van der Waals surface area (Å²) in [5.41, 5.74) is 7.24. The lowest BCUT2D eigenvalue weighted by Crippen LogP contribution is -2.19. The van der Waals surface area contributed by atoms with E-state index in [0.717, 1.165) is 22.9 Å². The van der Waals surface area contributed by atoms with Crippen LogP contribution in [0.15, 0.2) is 32.9 Å². The van der Waals surface area contributed by atoms with Gasteiger partial charge in [0.05, 0.1) is 0 Å². The van der Waals surface area contributed by atoms with Crippen LogP contribution in [0.1, 0.15) is 39.5 Å². The fraction of sp³-hybridized carbons (Fsp3) is 0.474. The number of hydrogen-bond donors (Lipinski definition) is 3. The Balaban J connectivity index is 2.21. The molecule has 0 radical (unpaired) electrons. The number of hydrogen-bond acceptors (Lipinski definition) is 10. The van der Waals surface area contributed by atoms with E-state index < -0.39 is 12.6 Å². The van der Waals surface area contributed by atoms with E-state index >= 15 is 0 Å². The van der Waals surface area contributed by atoms with Crippen molar-refractivity contribution in [3.63, 3.8) is 0 Å². The zero-order valence-corrected chi connectivity index (χ0v) is 19.0. The van der Waals surface area contributed by atoms with Gasteiger partial charge in [-0.25, -0.2) is 4.79 Å². The number of nitrogens with two attached hydrogens (primary N) is 1. The number of anilines is 1. The van der Waals surface area contributed by atoms with Gasteiger partial charge in [-0.3, -0.25) is 4.79 Å². The van der Waals surface area contributed by atoms with Crippen molar-refractivity contribution < 1.29 is 19.5 Å². The molecule has 0 spiro atoms. The van der Waals surface area contributed by atoms with Gasteiger partial charge in [-0.05, 0) is 38.0 Å². The van der Waals surface area contributed by atoms with Crippen LogP contribution in [-0.4, -0.2) is 45.6 Å². The van der Waals surface area contributed by atoms with Crippen LogP contribution >= 0.6 is 23.1 Å². The zero-order valence-electron chi connectivity index (χ0n) is 17.4. The summed E-state index contributed by atoms with van der Waals surface area (Å²) >= 11 is 3.07. The third-order valence-electron chi connectivity index (χ3n) is 3.86. The van der Waals surface area contributed by atoms with E-state index in [9.17, 15) is 9.59 Å². The van der Waals surface area contributed by atoms with Crippen LogP contribution in [0.3, 0.4) is 0 Å². The number of benzene rings is 1. The minimum absolute atomic E-state index is 0.0642. The molecule has 0 fully saturated rings. The molecular formula is C19H26N6O4S2. The maximum absolute atomic E-state index is 12.1. The fourth-order valence-electron chi connectivity index (χ4n) is 2.29. The van der Waals surface area contributed by atoms with Crippen LogP contribution in [-0.2, 0) is 14.4 Å². The minimum Gasteiger partial charge on any atom is -0.479 e. The van der Waals surface area contributed by atoms with Gasteiger partial charge in [0.25, 0.3) is 0 Å². The molecule has 0 aliphatic heterocycles. The van der Waals surface area contributed by atoms with Gasteiger partial charge in [-0.2, -0.15) is 0 Å². The Labute approximate surface area is 188 Å². The topological polar surface area (TPSA) is 152 Å². The number of nitrogens with zero attached hydrogens (tertiary/aromatic N) is 4. The highest BCUT2D eigenvalue weighted by molar-refractivity contribution is 8.01. The van der Waals surface area contributed by atoms with E-state index in [4.69, 9.17) is 10.8 Å².